The zero-order valence-corrected chi connectivity index (χ0v) is 13.2. The van der Waals surface area contributed by atoms with E-state index in [1.807, 2.05) is 57.8 Å². The molecular formula is C19H14FFeNO+2. The van der Waals surface area contributed by atoms with Crippen molar-refractivity contribution in [3.8, 4) is 0 Å². The summed E-state index contributed by atoms with van der Waals surface area (Å²) in [6.45, 7) is 0. The molecule has 0 unspecified atom stereocenters. The molecule has 2 saturated carbocycles. The third-order valence-electron chi connectivity index (χ3n) is 3.32. The maximum absolute atomic E-state index is 13.2. The molecule has 0 atom stereocenters. The van der Waals surface area contributed by atoms with E-state index in [4.69, 9.17) is 0 Å². The van der Waals surface area contributed by atoms with E-state index in [0.29, 0.717) is 16.8 Å². The average Bonchev–Trinajstić information content (AvgIpc) is 3.25. The van der Waals surface area contributed by atoms with Crippen molar-refractivity contribution in [3.63, 3.8) is 0 Å². The molecule has 1 amide bonds. The van der Waals surface area contributed by atoms with Gasteiger partial charge in [0.2, 0.25) is 0 Å². The molecule has 4 rings (SSSR count). The second kappa shape index (κ2) is 8.65. The van der Waals surface area contributed by atoms with Crippen molar-refractivity contribution in [3.05, 3.63) is 99.4 Å². The topological polar surface area (TPSA) is 29.1 Å². The molecule has 23 heavy (non-hydrogen) atoms. The summed E-state index contributed by atoms with van der Waals surface area (Å²) in [4.78, 5) is 11.8. The van der Waals surface area contributed by atoms with Crippen molar-refractivity contribution < 1.29 is 26.3 Å². The normalized spacial score (nSPS) is 21.4. The summed E-state index contributed by atoms with van der Waals surface area (Å²) in [5.41, 5.74) is 1.79. The van der Waals surface area contributed by atoms with Gasteiger partial charge in [0.25, 0.3) is 5.91 Å². The molecule has 0 aromatic heterocycles. The molecule has 1 heterocycles. The number of halogens is 1. The van der Waals surface area contributed by atoms with Gasteiger partial charge >= 0.3 is 17.1 Å². The summed E-state index contributed by atoms with van der Waals surface area (Å²) in [5.74, 6) is 0.410. The average molecular weight is 347 g/mol. The van der Waals surface area contributed by atoms with E-state index >= 15 is 0 Å². The van der Waals surface area contributed by atoms with Crippen LogP contribution in [0, 0.1) is 69.5 Å². The third-order valence-corrected chi connectivity index (χ3v) is 3.32. The zero-order valence-electron chi connectivity index (χ0n) is 12.1. The Balaban J connectivity index is 0.000000276. The van der Waals surface area contributed by atoms with Gasteiger partial charge in [0.05, 0.1) is 0 Å². The summed E-state index contributed by atoms with van der Waals surface area (Å²) in [5, 5.41) is 2.71. The predicted octanol–water partition coefficient (Wildman–Crippen LogP) is 3.59. The van der Waals surface area contributed by atoms with Crippen LogP contribution in [0.2, 0.25) is 0 Å². The monoisotopic (exact) mass is 347 g/mol. The molecule has 1 aromatic rings. The van der Waals surface area contributed by atoms with Crippen LogP contribution >= 0.6 is 0 Å². The molecule has 0 spiro atoms. The summed E-state index contributed by atoms with van der Waals surface area (Å²) in [7, 11) is 0. The van der Waals surface area contributed by atoms with Crippen molar-refractivity contribution in [2.24, 2.45) is 0 Å². The molecule has 2 nitrogen and oxygen atoms in total. The van der Waals surface area contributed by atoms with Crippen LogP contribution in [-0.4, -0.2) is 5.91 Å². The SMILES string of the molecule is O=C1Nc2ccc(F)cc2/C1=C/[C]1[CH][CH][CH][CH]1.[CH]1[CH][CH][CH][CH]1.[Fe+2]. The number of rotatable bonds is 1. The minimum atomic E-state index is -0.339. The first-order valence-electron chi connectivity index (χ1n) is 6.95. The number of hydrogen-bond acceptors (Lipinski definition) is 1. The largest absolute Gasteiger partial charge is 2.00 e. The Morgan fingerprint density at radius 2 is 1.52 bits per heavy atom. The first kappa shape index (κ1) is 18.2. The summed E-state index contributed by atoms with van der Waals surface area (Å²) < 4.78 is 13.2. The fourth-order valence-electron chi connectivity index (χ4n) is 2.28. The van der Waals surface area contributed by atoms with E-state index in [9.17, 15) is 9.18 Å². The molecule has 1 aliphatic heterocycles. The van der Waals surface area contributed by atoms with Crippen molar-refractivity contribution in [1.82, 2.24) is 0 Å². The van der Waals surface area contributed by atoms with Gasteiger partial charge in [0.15, 0.2) is 0 Å². The number of hydrogen-bond donors (Lipinski definition) is 1. The van der Waals surface area contributed by atoms with E-state index < -0.39 is 0 Å². The molecule has 1 aromatic carbocycles. The van der Waals surface area contributed by atoms with Crippen LogP contribution in [0.25, 0.3) is 5.57 Å². The quantitative estimate of drug-likeness (QED) is 0.611. The molecule has 1 N–H and O–H groups in total. The maximum Gasteiger partial charge on any atom is 2.00 e. The number of carbonyl (C=O) groups excluding carboxylic acids is 1. The molecule has 10 radical (unpaired) electrons. The van der Waals surface area contributed by atoms with Crippen LogP contribution in [0.1, 0.15) is 5.56 Å². The Morgan fingerprint density at radius 3 is 2.13 bits per heavy atom. The van der Waals surface area contributed by atoms with E-state index in [1.165, 1.54) is 12.1 Å². The fraction of sp³-hybridized carbons (Fsp3) is 0. The summed E-state index contributed by atoms with van der Waals surface area (Å²) >= 11 is 0. The van der Waals surface area contributed by atoms with Gasteiger partial charge in [-0.1, -0.05) is 6.08 Å². The van der Waals surface area contributed by atoms with E-state index in [-0.39, 0.29) is 28.8 Å². The fourth-order valence-corrected chi connectivity index (χ4v) is 2.28. The second-order valence-electron chi connectivity index (χ2n) is 4.88. The summed E-state index contributed by atoms with van der Waals surface area (Å²) in [6, 6.07) is 4.29. The van der Waals surface area contributed by atoms with Gasteiger partial charge < -0.3 is 5.32 Å². The van der Waals surface area contributed by atoms with Gasteiger partial charge in [-0.3, -0.25) is 4.79 Å². The van der Waals surface area contributed by atoms with Crippen LogP contribution in [0.5, 0.6) is 0 Å². The number of carbonyl (C=O) groups is 1. The zero-order chi connectivity index (χ0) is 15.4. The smallest absolute Gasteiger partial charge is 0.321 e. The molecule has 3 aliphatic rings. The number of fused-ring (bicyclic) bond motifs is 1. The Kier molecular flexibility index (Phi) is 6.86. The predicted molar refractivity (Wildman–Crippen MR) is 84.9 cm³/mol. The standard InChI is InChI=1S/C14H9FNO.C5H5.Fe/c15-10-5-6-13-11(8-10)12(14(17)16-13)7-9-3-1-2-4-9;1-2-4-5-3-1;/h1-8H,(H,16,17);1-5H;/q;;+2/b12-7-;;. The van der Waals surface area contributed by atoms with E-state index in [1.54, 1.807) is 12.1 Å². The molecular weight excluding hydrogens is 333 g/mol. The Bertz CT molecular complexity index is 567. The Hall–Kier alpha value is -1.12. The first-order chi connectivity index (χ1) is 10.7. The summed E-state index contributed by atoms with van der Waals surface area (Å²) in [6.07, 6.45) is 19.4. The van der Waals surface area contributed by atoms with Crippen molar-refractivity contribution >= 4 is 17.2 Å². The van der Waals surface area contributed by atoms with Crippen molar-refractivity contribution in [2.45, 2.75) is 0 Å². The van der Waals surface area contributed by atoms with E-state index in [2.05, 4.69) is 5.32 Å². The maximum atomic E-state index is 13.2. The Labute approximate surface area is 148 Å². The number of benzene rings is 1. The number of nitrogens with one attached hydrogen (secondary N) is 1. The molecule has 4 heteroatoms. The third kappa shape index (κ3) is 4.68. The minimum absolute atomic E-state index is 0. The van der Waals surface area contributed by atoms with Gasteiger partial charge in [0.1, 0.15) is 5.82 Å². The Morgan fingerprint density at radius 1 is 0.913 bits per heavy atom. The van der Waals surface area contributed by atoms with Crippen LogP contribution < -0.4 is 5.32 Å². The van der Waals surface area contributed by atoms with E-state index in [0.717, 1.165) is 5.92 Å². The molecule has 2 aliphatic carbocycles. The van der Waals surface area contributed by atoms with Crippen molar-refractivity contribution in [1.29, 1.82) is 0 Å². The van der Waals surface area contributed by atoms with Crippen LogP contribution in [0.15, 0.2) is 24.3 Å². The van der Waals surface area contributed by atoms with Crippen molar-refractivity contribution in [2.75, 3.05) is 5.32 Å². The van der Waals surface area contributed by atoms with Gasteiger partial charge in [-0.25, -0.2) is 4.39 Å². The number of allylic oxidation sites excluding steroid dienone is 1. The van der Waals surface area contributed by atoms with Gasteiger partial charge in [0, 0.05) is 22.7 Å². The molecule has 0 bridgehead atoms. The molecule has 2 fully saturated rings. The molecule has 0 saturated heterocycles. The second-order valence-corrected chi connectivity index (χ2v) is 4.88. The van der Waals surface area contributed by atoms with Gasteiger partial charge in [-0.15, -0.1) is 0 Å². The first-order valence-corrected chi connectivity index (χ1v) is 6.95. The number of anilines is 1. The number of amides is 1. The van der Waals surface area contributed by atoms with Crippen LogP contribution in [0.4, 0.5) is 10.1 Å². The van der Waals surface area contributed by atoms with Crippen LogP contribution in [0.3, 0.4) is 0 Å². The van der Waals surface area contributed by atoms with Gasteiger partial charge in [-0.2, -0.15) is 0 Å². The minimum Gasteiger partial charge on any atom is -0.321 e. The van der Waals surface area contributed by atoms with Crippen LogP contribution in [-0.2, 0) is 21.9 Å². The van der Waals surface area contributed by atoms with Gasteiger partial charge in [-0.05, 0) is 76.0 Å². The molecule has 114 valence electrons.